The number of nitrogens with zero attached hydrogens (tertiary/aromatic N) is 2. The van der Waals surface area contributed by atoms with E-state index in [1.165, 1.54) is 16.8 Å². The van der Waals surface area contributed by atoms with Crippen molar-refractivity contribution in [1.29, 1.82) is 0 Å². The Kier molecular flexibility index (Phi) is 4.54. The number of aromatic amines is 1. The average Bonchev–Trinajstić information content (AvgIpc) is 2.90. The summed E-state index contributed by atoms with van der Waals surface area (Å²) in [6, 6.07) is 0.0296. The van der Waals surface area contributed by atoms with Gasteiger partial charge in [-0.3, -0.25) is 0 Å². The molecular weight excluding hydrogens is 264 g/mol. The molecule has 1 aromatic heterocycles. The zero-order chi connectivity index (χ0) is 11.8. The minimum atomic E-state index is -3.40. The van der Waals surface area contributed by atoms with E-state index < -0.39 is 10.0 Å². The summed E-state index contributed by atoms with van der Waals surface area (Å²) in [4.78, 5) is 6.35. The molecule has 0 amide bonds. The molecule has 0 aliphatic carbocycles. The summed E-state index contributed by atoms with van der Waals surface area (Å²) in [5, 5.41) is 0.151. The highest BCUT2D eigenvalue weighted by atomic mass is 35.5. The lowest BCUT2D eigenvalue weighted by atomic mass is 10.0. The van der Waals surface area contributed by atoms with Gasteiger partial charge in [-0.2, -0.15) is 4.31 Å². The maximum atomic E-state index is 12.1. The third kappa shape index (κ3) is 2.79. The van der Waals surface area contributed by atoms with Crippen LogP contribution in [0.1, 0.15) is 13.3 Å². The number of hydrogen-bond donors (Lipinski definition) is 2. The fourth-order valence-electron chi connectivity index (χ4n) is 1.92. The Bertz CT molecular complexity index is 446. The van der Waals surface area contributed by atoms with Gasteiger partial charge in [0, 0.05) is 19.1 Å². The molecule has 98 valence electrons. The summed E-state index contributed by atoms with van der Waals surface area (Å²) < 4.78 is 25.6. The van der Waals surface area contributed by atoms with E-state index in [9.17, 15) is 8.42 Å². The summed E-state index contributed by atoms with van der Waals surface area (Å²) in [6.07, 6.45) is 3.52. The van der Waals surface area contributed by atoms with Crippen molar-refractivity contribution in [2.24, 2.45) is 11.7 Å². The van der Waals surface area contributed by atoms with Crippen molar-refractivity contribution in [3.05, 3.63) is 12.5 Å². The zero-order valence-corrected chi connectivity index (χ0v) is 11.2. The van der Waals surface area contributed by atoms with Gasteiger partial charge in [0.2, 0.25) is 0 Å². The van der Waals surface area contributed by atoms with Crippen LogP contribution < -0.4 is 5.73 Å². The molecule has 1 fully saturated rings. The molecule has 3 N–H and O–H groups in total. The Hall–Kier alpha value is -0.630. The van der Waals surface area contributed by atoms with Crippen molar-refractivity contribution in [2.75, 3.05) is 13.1 Å². The second-order valence-electron chi connectivity index (χ2n) is 4.19. The van der Waals surface area contributed by atoms with Crippen LogP contribution in [0.15, 0.2) is 17.6 Å². The molecular formula is C9H17ClN4O2S. The molecule has 2 unspecified atom stereocenters. The van der Waals surface area contributed by atoms with E-state index in [1.807, 2.05) is 6.92 Å². The number of rotatable bonds is 3. The third-order valence-electron chi connectivity index (χ3n) is 3.02. The molecule has 0 aromatic carbocycles. The van der Waals surface area contributed by atoms with Crippen LogP contribution in [0.5, 0.6) is 0 Å². The fraction of sp³-hybridized carbons (Fsp3) is 0.667. The number of nitrogens with one attached hydrogen (secondary N) is 1. The first kappa shape index (κ1) is 14.4. The molecule has 2 rings (SSSR count). The standard InChI is InChI=1S/C9H16N4O2S.ClH/c1-7(10)8-2-3-13(5-8)16(14,15)9-4-11-6-12-9;/h4,6-8H,2-3,5,10H2,1H3,(H,11,12);1H. The first-order chi connectivity index (χ1) is 7.51. The molecule has 1 aliphatic rings. The molecule has 1 aromatic rings. The highest BCUT2D eigenvalue weighted by Crippen LogP contribution is 2.24. The maximum absolute atomic E-state index is 12.1. The highest BCUT2D eigenvalue weighted by molar-refractivity contribution is 7.89. The number of halogens is 1. The summed E-state index contributed by atoms with van der Waals surface area (Å²) in [7, 11) is -3.40. The van der Waals surface area contributed by atoms with Crippen LogP contribution in [0.2, 0.25) is 0 Å². The molecule has 2 heterocycles. The van der Waals surface area contributed by atoms with Gasteiger partial charge in [0.05, 0.1) is 12.5 Å². The van der Waals surface area contributed by atoms with Crippen molar-refractivity contribution >= 4 is 22.4 Å². The van der Waals surface area contributed by atoms with E-state index in [0.717, 1.165) is 6.42 Å². The highest BCUT2D eigenvalue weighted by Gasteiger charge is 2.34. The SMILES string of the molecule is CC(N)C1CCN(S(=O)(=O)c2cnc[nH]2)C1.Cl. The average molecular weight is 281 g/mol. The van der Waals surface area contributed by atoms with Crippen LogP contribution in [-0.2, 0) is 10.0 Å². The van der Waals surface area contributed by atoms with Gasteiger partial charge in [-0.05, 0) is 19.3 Å². The molecule has 6 nitrogen and oxygen atoms in total. The van der Waals surface area contributed by atoms with Crippen molar-refractivity contribution in [3.8, 4) is 0 Å². The van der Waals surface area contributed by atoms with E-state index >= 15 is 0 Å². The van der Waals surface area contributed by atoms with Gasteiger partial charge >= 0.3 is 0 Å². The normalized spacial score (nSPS) is 23.3. The second kappa shape index (κ2) is 5.34. The lowest BCUT2D eigenvalue weighted by Crippen LogP contribution is -2.33. The number of H-pyrrole nitrogens is 1. The predicted octanol–water partition coefficient (Wildman–Crippen LogP) is 0.189. The lowest BCUT2D eigenvalue weighted by Gasteiger charge is -2.16. The van der Waals surface area contributed by atoms with Gasteiger partial charge in [0.1, 0.15) is 0 Å². The molecule has 17 heavy (non-hydrogen) atoms. The molecule has 0 radical (unpaired) electrons. The summed E-state index contributed by atoms with van der Waals surface area (Å²) in [5.74, 6) is 0.248. The first-order valence-electron chi connectivity index (χ1n) is 5.26. The second-order valence-corrected chi connectivity index (χ2v) is 6.09. The van der Waals surface area contributed by atoms with Gasteiger partial charge in [0.15, 0.2) is 5.03 Å². The minimum Gasteiger partial charge on any atom is -0.335 e. The van der Waals surface area contributed by atoms with Crippen molar-refractivity contribution in [2.45, 2.75) is 24.4 Å². The number of hydrogen-bond acceptors (Lipinski definition) is 4. The van der Waals surface area contributed by atoms with Gasteiger partial charge in [-0.25, -0.2) is 13.4 Å². The van der Waals surface area contributed by atoms with E-state index in [2.05, 4.69) is 9.97 Å². The Morgan fingerprint density at radius 2 is 2.35 bits per heavy atom. The maximum Gasteiger partial charge on any atom is 0.260 e. The largest absolute Gasteiger partial charge is 0.335 e. The Morgan fingerprint density at radius 3 is 2.82 bits per heavy atom. The van der Waals surface area contributed by atoms with Crippen molar-refractivity contribution in [3.63, 3.8) is 0 Å². The minimum absolute atomic E-state index is 0. The first-order valence-corrected chi connectivity index (χ1v) is 6.70. The van der Waals surface area contributed by atoms with Crippen LogP contribution in [0.4, 0.5) is 0 Å². The molecule has 8 heteroatoms. The van der Waals surface area contributed by atoms with Gasteiger partial charge in [-0.15, -0.1) is 12.4 Å². The van der Waals surface area contributed by atoms with E-state index in [4.69, 9.17) is 5.73 Å². The van der Waals surface area contributed by atoms with Gasteiger partial charge < -0.3 is 10.7 Å². The van der Waals surface area contributed by atoms with Crippen LogP contribution in [0, 0.1) is 5.92 Å². The van der Waals surface area contributed by atoms with Crippen molar-refractivity contribution in [1.82, 2.24) is 14.3 Å². The fourth-order valence-corrected chi connectivity index (χ4v) is 3.33. The number of aromatic nitrogens is 2. The van der Waals surface area contributed by atoms with Crippen LogP contribution in [0.3, 0.4) is 0 Å². The predicted molar refractivity (Wildman–Crippen MR) is 66.4 cm³/mol. The smallest absolute Gasteiger partial charge is 0.260 e. The Morgan fingerprint density at radius 1 is 1.65 bits per heavy atom. The van der Waals surface area contributed by atoms with Crippen LogP contribution in [0.25, 0.3) is 0 Å². The Labute approximate surface area is 107 Å². The molecule has 0 bridgehead atoms. The number of nitrogens with two attached hydrogens (primary N) is 1. The summed E-state index contributed by atoms with van der Waals surface area (Å²) in [6.45, 7) is 2.95. The molecule has 0 spiro atoms. The van der Waals surface area contributed by atoms with E-state index in [-0.39, 0.29) is 29.4 Å². The molecule has 1 aliphatic heterocycles. The van der Waals surface area contributed by atoms with E-state index in [1.54, 1.807) is 0 Å². The third-order valence-corrected chi connectivity index (χ3v) is 4.81. The van der Waals surface area contributed by atoms with Gasteiger partial charge in [0.25, 0.3) is 10.0 Å². The molecule has 0 saturated carbocycles. The number of sulfonamides is 1. The zero-order valence-electron chi connectivity index (χ0n) is 9.54. The van der Waals surface area contributed by atoms with Crippen LogP contribution >= 0.6 is 12.4 Å². The molecule has 2 atom stereocenters. The monoisotopic (exact) mass is 280 g/mol. The topological polar surface area (TPSA) is 92.1 Å². The van der Waals surface area contributed by atoms with Gasteiger partial charge in [-0.1, -0.05) is 0 Å². The van der Waals surface area contributed by atoms with Crippen molar-refractivity contribution < 1.29 is 8.42 Å². The van der Waals surface area contributed by atoms with E-state index in [0.29, 0.717) is 13.1 Å². The Balaban J connectivity index is 0.00000144. The molecule has 1 saturated heterocycles. The summed E-state index contributed by atoms with van der Waals surface area (Å²) >= 11 is 0. The quantitative estimate of drug-likeness (QED) is 0.827. The van der Waals surface area contributed by atoms with Crippen LogP contribution in [-0.4, -0.2) is 41.8 Å². The summed E-state index contributed by atoms with van der Waals surface area (Å²) in [5.41, 5.74) is 5.78. The lowest BCUT2D eigenvalue weighted by molar-refractivity contribution is 0.428. The number of imidazole rings is 1.